The first kappa shape index (κ1) is 13.1. The van der Waals surface area contributed by atoms with Gasteiger partial charge in [0.15, 0.2) is 0 Å². The average Bonchev–Trinajstić information content (AvgIpc) is 2.40. The summed E-state index contributed by atoms with van der Waals surface area (Å²) in [5.41, 5.74) is 0.159. The van der Waals surface area contributed by atoms with Crippen LogP contribution in [0.15, 0.2) is 12.3 Å². The van der Waals surface area contributed by atoms with Crippen LogP contribution in [-0.4, -0.2) is 35.6 Å². The molecular weight excluding hydrogens is 226 g/mol. The lowest BCUT2D eigenvalue weighted by atomic mass is 9.84. The van der Waals surface area contributed by atoms with Gasteiger partial charge in [0.25, 0.3) is 0 Å². The highest BCUT2D eigenvalue weighted by Gasteiger charge is 2.31. The summed E-state index contributed by atoms with van der Waals surface area (Å²) < 4.78 is 0. The minimum atomic E-state index is 0.159. The van der Waals surface area contributed by atoms with Crippen molar-refractivity contribution in [3.63, 3.8) is 0 Å². The highest BCUT2D eigenvalue weighted by molar-refractivity contribution is 5.40. The first-order valence-corrected chi connectivity index (χ1v) is 6.78. The number of rotatable bonds is 5. The predicted molar refractivity (Wildman–Crippen MR) is 74.9 cm³/mol. The molecule has 3 N–H and O–H groups in total. The molecule has 0 radical (unpaired) electrons. The van der Waals surface area contributed by atoms with E-state index in [0.29, 0.717) is 0 Å². The first-order valence-electron chi connectivity index (χ1n) is 6.78. The summed E-state index contributed by atoms with van der Waals surface area (Å²) >= 11 is 0. The Morgan fingerprint density at radius 1 is 1.39 bits per heavy atom. The van der Waals surface area contributed by atoms with Crippen molar-refractivity contribution in [2.75, 3.05) is 30.8 Å². The van der Waals surface area contributed by atoms with E-state index in [-0.39, 0.29) is 5.54 Å². The molecule has 0 unspecified atom stereocenters. The first-order chi connectivity index (χ1) is 8.78. The van der Waals surface area contributed by atoms with E-state index >= 15 is 0 Å². The molecule has 18 heavy (non-hydrogen) atoms. The standard InChI is InChI=1S/C13H23N5/c1-3-5-13(6-9-15-10-7-13)18-12-16-8-4-11(14-2)17-12/h4,8,15H,3,5-7,9-10H2,1-2H3,(H2,14,16,17,18). The van der Waals surface area contributed by atoms with Gasteiger partial charge in [-0.1, -0.05) is 13.3 Å². The SMILES string of the molecule is CCCC1(Nc2nccc(NC)n2)CCNCC1. The lowest BCUT2D eigenvalue weighted by molar-refractivity contribution is 0.314. The third-order valence-corrected chi connectivity index (χ3v) is 3.58. The maximum atomic E-state index is 4.46. The van der Waals surface area contributed by atoms with Gasteiger partial charge < -0.3 is 16.0 Å². The van der Waals surface area contributed by atoms with Crippen LogP contribution in [0.25, 0.3) is 0 Å². The molecule has 0 amide bonds. The summed E-state index contributed by atoms with van der Waals surface area (Å²) in [6, 6.07) is 1.88. The summed E-state index contributed by atoms with van der Waals surface area (Å²) in [4.78, 5) is 8.78. The van der Waals surface area contributed by atoms with Crippen LogP contribution in [0.4, 0.5) is 11.8 Å². The highest BCUT2D eigenvalue weighted by atomic mass is 15.2. The van der Waals surface area contributed by atoms with Gasteiger partial charge in [0.2, 0.25) is 5.95 Å². The van der Waals surface area contributed by atoms with E-state index in [0.717, 1.165) is 37.7 Å². The van der Waals surface area contributed by atoms with Crippen molar-refractivity contribution in [3.05, 3.63) is 12.3 Å². The Morgan fingerprint density at radius 2 is 2.17 bits per heavy atom. The molecule has 0 saturated carbocycles. The van der Waals surface area contributed by atoms with Gasteiger partial charge in [-0.15, -0.1) is 0 Å². The maximum absolute atomic E-state index is 4.46. The Hall–Kier alpha value is -1.36. The zero-order valence-corrected chi connectivity index (χ0v) is 11.3. The molecule has 2 heterocycles. The van der Waals surface area contributed by atoms with Crippen LogP contribution in [0.1, 0.15) is 32.6 Å². The van der Waals surface area contributed by atoms with E-state index in [2.05, 4.69) is 32.8 Å². The Labute approximate surface area is 109 Å². The molecule has 5 nitrogen and oxygen atoms in total. The second kappa shape index (κ2) is 6.00. The van der Waals surface area contributed by atoms with Crippen LogP contribution in [0, 0.1) is 0 Å². The number of anilines is 2. The third kappa shape index (κ3) is 3.10. The van der Waals surface area contributed by atoms with Gasteiger partial charge in [0.05, 0.1) is 0 Å². The summed E-state index contributed by atoms with van der Waals surface area (Å²) in [6.07, 6.45) is 6.41. The van der Waals surface area contributed by atoms with Crippen LogP contribution in [0.2, 0.25) is 0 Å². The molecule has 1 aromatic rings. The Balaban J connectivity index is 2.11. The molecular formula is C13H23N5. The number of aromatic nitrogens is 2. The van der Waals surface area contributed by atoms with Gasteiger partial charge in [-0.25, -0.2) is 4.98 Å². The van der Waals surface area contributed by atoms with Crippen molar-refractivity contribution in [2.45, 2.75) is 38.1 Å². The molecule has 100 valence electrons. The maximum Gasteiger partial charge on any atom is 0.225 e. The third-order valence-electron chi connectivity index (χ3n) is 3.58. The average molecular weight is 249 g/mol. The van der Waals surface area contributed by atoms with Crippen LogP contribution in [0.3, 0.4) is 0 Å². The van der Waals surface area contributed by atoms with E-state index in [1.165, 1.54) is 12.8 Å². The number of nitrogens with zero attached hydrogens (tertiary/aromatic N) is 2. The molecule has 0 spiro atoms. The van der Waals surface area contributed by atoms with Crippen molar-refractivity contribution in [1.82, 2.24) is 15.3 Å². The fourth-order valence-electron chi connectivity index (χ4n) is 2.62. The highest BCUT2D eigenvalue weighted by Crippen LogP contribution is 2.27. The molecule has 0 atom stereocenters. The number of hydrogen-bond acceptors (Lipinski definition) is 5. The molecule has 1 fully saturated rings. The summed E-state index contributed by atoms with van der Waals surface area (Å²) in [7, 11) is 1.87. The van der Waals surface area contributed by atoms with Crippen LogP contribution in [0.5, 0.6) is 0 Å². The zero-order chi connectivity index (χ0) is 12.8. The topological polar surface area (TPSA) is 61.9 Å². The molecule has 1 saturated heterocycles. The number of piperidine rings is 1. The van der Waals surface area contributed by atoms with Gasteiger partial charge in [-0.3, -0.25) is 0 Å². The van der Waals surface area contributed by atoms with Gasteiger partial charge in [-0.05, 0) is 38.4 Å². The Bertz CT molecular complexity index is 368. The fraction of sp³-hybridized carbons (Fsp3) is 0.692. The zero-order valence-electron chi connectivity index (χ0n) is 11.3. The van der Waals surface area contributed by atoms with Gasteiger partial charge in [0, 0.05) is 18.8 Å². The van der Waals surface area contributed by atoms with Crippen LogP contribution >= 0.6 is 0 Å². The fourth-order valence-corrected chi connectivity index (χ4v) is 2.62. The van der Waals surface area contributed by atoms with Crippen molar-refractivity contribution < 1.29 is 0 Å². The second-order valence-electron chi connectivity index (χ2n) is 4.92. The van der Waals surface area contributed by atoms with Crippen LogP contribution < -0.4 is 16.0 Å². The van der Waals surface area contributed by atoms with Crippen LogP contribution in [-0.2, 0) is 0 Å². The minimum absolute atomic E-state index is 0.159. The lowest BCUT2D eigenvalue weighted by Crippen LogP contribution is -2.48. The largest absolute Gasteiger partial charge is 0.373 e. The van der Waals surface area contributed by atoms with Crippen molar-refractivity contribution >= 4 is 11.8 Å². The van der Waals surface area contributed by atoms with Gasteiger partial charge in [-0.2, -0.15) is 4.98 Å². The van der Waals surface area contributed by atoms with E-state index in [9.17, 15) is 0 Å². The molecule has 1 aromatic heterocycles. The van der Waals surface area contributed by atoms with Crippen molar-refractivity contribution in [1.29, 1.82) is 0 Å². The second-order valence-corrected chi connectivity index (χ2v) is 4.92. The van der Waals surface area contributed by atoms with E-state index in [1.54, 1.807) is 6.20 Å². The number of nitrogens with one attached hydrogen (secondary N) is 3. The molecule has 0 bridgehead atoms. The monoisotopic (exact) mass is 249 g/mol. The Morgan fingerprint density at radius 3 is 2.83 bits per heavy atom. The summed E-state index contributed by atoms with van der Waals surface area (Å²) in [5.74, 6) is 1.59. The normalized spacial score (nSPS) is 18.3. The number of hydrogen-bond donors (Lipinski definition) is 3. The quantitative estimate of drug-likeness (QED) is 0.743. The molecule has 0 aliphatic carbocycles. The molecule has 5 heteroatoms. The summed E-state index contributed by atoms with van der Waals surface area (Å²) in [5, 5.41) is 10.0. The van der Waals surface area contributed by atoms with Gasteiger partial charge in [0.1, 0.15) is 5.82 Å². The van der Waals surface area contributed by atoms with E-state index in [1.807, 2.05) is 13.1 Å². The molecule has 0 aromatic carbocycles. The lowest BCUT2D eigenvalue weighted by Gasteiger charge is -2.38. The van der Waals surface area contributed by atoms with Crippen molar-refractivity contribution in [3.8, 4) is 0 Å². The Kier molecular flexibility index (Phi) is 4.36. The molecule has 2 rings (SSSR count). The van der Waals surface area contributed by atoms with Gasteiger partial charge >= 0.3 is 0 Å². The molecule has 1 aliphatic heterocycles. The van der Waals surface area contributed by atoms with E-state index < -0.39 is 0 Å². The van der Waals surface area contributed by atoms with Crippen molar-refractivity contribution in [2.24, 2.45) is 0 Å². The predicted octanol–water partition coefficient (Wildman–Crippen LogP) is 1.85. The molecule has 1 aliphatic rings. The van der Waals surface area contributed by atoms with E-state index in [4.69, 9.17) is 0 Å². The summed E-state index contributed by atoms with van der Waals surface area (Å²) in [6.45, 7) is 4.37. The minimum Gasteiger partial charge on any atom is -0.373 e. The smallest absolute Gasteiger partial charge is 0.225 e.